The zero-order valence-corrected chi connectivity index (χ0v) is 15.7. The fraction of sp³-hybridized carbons (Fsp3) is 0.625. The summed E-state index contributed by atoms with van der Waals surface area (Å²) in [6, 6.07) is 6.60. The minimum atomic E-state index is 1.26. The first-order chi connectivity index (χ1) is 8.75. The van der Waals surface area contributed by atoms with Crippen molar-refractivity contribution >= 4 is 45.2 Å². The maximum absolute atomic E-state index is 2.46. The standard InChI is InChI=1S/C16H24I2/c1-2-3-4-5-6-7-8-9-11-14-15(17)12-10-13-16(14)18/h10,12-13H,2-9,11H2,1H3. The number of hydrogen-bond acceptors (Lipinski definition) is 0. The highest BCUT2D eigenvalue weighted by molar-refractivity contribution is 14.1. The number of rotatable bonds is 9. The normalized spacial score (nSPS) is 10.8. The molecule has 1 aromatic rings. The van der Waals surface area contributed by atoms with Crippen molar-refractivity contribution in [2.45, 2.75) is 64.7 Å². The van der Waals surface area contributed by atoms with E-state index in [1.807, 2.05) is 0 Å². The molecule has 0 N–H and O–H groups in total. The fourth-order valence-electron chi connectivity index (χ4n) is 2.21. The van der Waals surface area contributed by atoms with Crippen LogP contribution in [-0.2, 0) is 6.42 Å². The lowest BCUT2D eigenvalue weighted by Crippen LogP contribution is -1.93. The van der Waals surface area contributed by atoms with Gasteiger partial charge in [-0.3, -0.25) is 0 Å². The van der Waals surface area contributed by atoms with E-state index in [1.165, 1.54) is 64.9 Å². The lowest BCUT2D eigenvalue weighted by molar-refractivity contribution is 0.575. The highest BCUT2D eigenvalue weighted by atomic mass is 127. The maximum atomic E-state index is 2.46. The smallest absolute Gasteiger partial charge is 0.0172 e. The first kappa shape index (κ1) is 16.7. The third-order valence-electron chi connectivity index (χ3n) is 3.34. The Kier molecular flexibility index (Phi) is 9.73. The molecule has 0 nitrogen and oxygen atoms in total. The van der Waals surface area contributed by atoms with Gasteiger partial charge in [0.05, 0.1) is 0 Å². The molecular weight excluding hydrogens is 446 g/mol. The fourth-order valence-corrected chi connectivity index (χ4v) is 4.26. The van der Waals surface area contributed by atoms with Gasteiger partial charge in [-0.15, -0.1) is 0 Å². The molecule has 0 heterocycles. The average Bonchev–Trinajstić information content (AvgIpc) is 2.35. The summed E-state index contributed by atoms with van der Waals surface area (Å²) in [4.78, 5) is 0. The van der Waals surface area contributed by atoms with E-state index in [0.717, 1.165) is 0 Å². The van der Waals surface area contributed by atoms with Gasteiger partial charge in [0.15, 0.2) is 0 Å². The Hall–Kier alpha value is 0.680. The molecule has 0 amide bonds. The summed E-state index contributed by atoms with van der Waals surface area (Å²) in [5.41, 5.74) is 1.56. The number of hydrogen-bond donors (Lipinski definition) is 0. The second-order valence-corrected chi connectivity index (χ2v) is 7.25. The lowest BCUT2D eigenvalue weighted by atomic mass is 10.0. The minimum Gasteiger partial charge on any atom is -0.0654 e. The molecule has 0 aliphatic heterocycles. The molecule has 0 aliphatic carbocycles. The van der Waals surface area contributed by atoms with Gasteiger partial charge in [-0.2, -0.15) is 0 Å². The average molecular weight is 470 g/mol. The molecule has 0 spiro atoms. The molecular formula is C16H24I2. The van der Waals surface area contributed by atoms with Crippen molar-refractivity contribution in [3.05, 3.63) is 30.9 Å². The van der Waals surface area contributed by atoms with Gasteiger partial charge in [0.1, 0.15) is 0 Å². The molecule has 0 saturated heterocycles. The zero-order chi connectivity index (χ0) is 13.2. The summed E-state index contributed by atoms with van der Waals surface area (Å²) in [6.07, 6.45) is 12.5. The Labute approximate surface area is 140 Å². The predicted molar refractivity (Wildman–Crippen MR) is 98.2 cm³/mol. The highest BCUT2D eigenvalue weighted by Crippen LogP contribution is 2.21. The SMILES string of the molecule is CCCCCCCCCCc1c(I)cccc1I. The molecule has 0 saturated carbocycles. The van der Waals surface area contributed by atoms with Crippen LogP contribution in [0.1, 0.15) is 63.9 Å². The summed E-state index contributed by atoms with van der Waals surface area (Å²) >= 11 is 4.93. The van der Waals surface area contributed by atoms with Crippen LogP contribution in [0.2, 0.25) is 0 Å². The molecule has 0 bridgehead atoms. The lowest BCUT2D eigenvalue weighted by Gasteiger charge is -2.07. The largest absolute Gasteiger partial charge is 0.0654 e. The number of benzene rings is 1. The molecule has 1 rings (SSSR count). The topological polar surface area (TPSA) is 0 Å². The summed E-state index contributed by atoms with van der Waals surface area (Å²) in [5.74, 6) is 0. The van der Waals surface area contributed by atoms with E-state index in [4.69, 9.17) is 0 Å². The molecule has 1 aromatic carbocycles. The second-order valence-electron chi connectivity index (χ2n) is 4.93. The quantitative estimate of drug-likeness (QED) is 0.283. The molecule has 0 atom stereocenters. The summed E-state index contributed by atoms with van der Waals surface area (Å²) in [6.45, 7) is 2.28. The van der Waals surface area contributed by atoms with Gasteiger partial charge in [0, 0.05) is 7.14 Å². The molecule has 0 aromatic heterocycles. The van der Waals surface area contributed by atoms with Crippen LogP contribution in [0.15, 0.2) is 18.2 Å². The van der Waals surface area contributed by atoms with Crippen molar-refractivity contribution in [3.8, 4) is 0 Å². The van der Waals surface area contributed by atoms with Gasteiger partial charge in [0.25, 0.3) is 0 Å². The van der Waals surface area contributed by atoms with Gasteiger partial charge in [-0.25, -0.2) is 0 Å². The Morgan fingerprint density at radius 2 is 1.28 bits per heavy atom. The van der Waals surface area contributed by atoms with Crippen LogP contribution in [0.3, 0.4) is 0 Å². The van der Waals surface area contributed by atoms with E-state index >= 15 is 0 Å². The first-order valence-electron chi connectivity index (χ1n) is 7.18. The van der Waals surface area contributed by atoms with Crippen molar-refractivity contribution in [2.24, 2.45) is 0 Å². The van der Waals surface area contributed by atoms with Crippen LogP contribution in [0.4, 0.5) is 0 Å². The van der Waals surface area contributed by atoms with E-state index in [0.29, 0.717) is 0 Å². The Balaban J connectivity index is 2.11. The number of halogens is 2. The molecule has 18 heavy (non-hydrogen) atoms. The van der Waals surface area contributed by atoms with Crippen LogP contribution in [0.5, 0.6) is 0 Å². The van der Waals surface area contributed by atoms with Gasteiger partial charge >= 0.3 is 0 Å². The number of unbranched alkanes of at least 4 members (excludes halogenated alkanes) is 7. The van der Waals surface area contributed by atoms with Gasteiger partial charge in [-0.1, -0.05) is 57.9 Å². The van der Waals surface area contributed by atoms with Crippen molar-refractivity contribution in [1.29, 1.82) is 0 Å². The summed E-state index contributed by atoms with van der Waals surface area (Å²) in [7, 11) is 0. The Morgan fingerprint density at radius 3 is 1.83 bits per heavy atom. The van der Waals surface area contributed by atoms with Crippen LogP contribution in [0, 0.1) is 7.14 Å². The molecule has 0 fully saturated rings. The van der Waals surface area contributed by atoms with E-state index in [-0.39, 0.29) is 0 Å². The Morgan fingerprint density at radius 1 is 0.778 bits per heavy atom. The first-order valence-corrected chi connectivity index (χ1v) is 9.34. The monoisotopic (exact) mass is 470 g/mol. The van der Waals surface area contributed by atoms with Crippen molar-refractivity contribution in [3.63, 3.8) is 0 Å². The Bertz CT molecular complexity index is 314. The van der Waals surface area contributed by atoms with Crippen molar-refractivity contribution in [1.82, 2.24) is 0 Å². The van der Waals surface area contributed by atoms with E-state index in [2.05, 4.69) is 70.3 Å². The van der Waals surface area contributed by atoms with Crippen molar-refractivity contribution < 1.29 is 0 Å². The highest BCUT2D eigenvalue weighted by Gasteiger charge is 2.03. The predicted octanol–water partition coefficient (Wildman–Crippen LogP) is 6.58. The van der Waals surface area contributed by atoms with Gasteiger partial charge in [-0.05, 0) is 75.7 Å². The van der Waals surface area contributed by atoms with E-state index in [1.54, 1.807) is 5.56 Å². The zero-order valence-electron chi connectivity index (χ0n) is 11.4. The van der Waals surface area contributed by atoms with Crippen LogP contribution in [-0.4, -0.2) is 0 Å². The molecule has 102 valence electrons. The molecule has 0 unspecified atom stereocenters. The third-order valence-corrected chi connectivity index (χ3v) is 5.36. The van der Waals surface area contributed by atoms with Crippen LogP contribution < -0.4 is 0 Å². The van der Waals surface area contributed by atoms with E-state index < -0.39 is 0 Å². The maximum Gasteiger partial charge on any atom is 0.0172 e. The molecule has 2 heteroatoms. The van der Waals surface area contributed by atoms with Gasteiger partial charge in [0.2, 0.25) is 0 Å². The van der Waals surface area contributed by atoms with Gasteiger partial charge < -0.3 is 0 Å². The summed E-state index contributed by atoms with van der Waals surface area (Å²) < 4.78 is 2.87. The molecule has 0 radical (unpaired) electrons. The van der Waals surface area contributed by atoms with E-state index in [9.17, 15) is 0 Å². The third kappa shape index (κ3) is 6.73. The minimum absolute atomic E-state index is 1.26. The van der Waals surface area contributed by atoms with Crippen LogP contribution in [0.25, 0.3) is 0 Å². The van der Waals surface area contributed by atoms with Crippen LogP contribution >= 0.6 is 45.2 Å². The van der Waals surface area contributed by atoms with Crippen molar-refractivity contribution in [2.75, 3.05) is 0 Å². The second kappa shape index (κ2) is 10.5. The molecule has 0 aliphatic rings. The summed E-state index contributed by atoms with van der Waals surface area (Å²) in [5, 5.41) is 0.